The summed E-state index contributed by atoms with van der Waals surface area (Å²) in [5.41, 5.74) is 4.63. The molecule has 0 aliphatic carbocycles. The van der Waals surface area contributed by atoms with Crippen LogP contribution in [0.5, 0.6) is 5.88 Å². The van der Waals surface area contributed by atoms with Gasteiger partial charge < -0.3 is 10.2 Å². The minimum Gasteiger partial charge on any atom is -0.477 e. The number of nitrogens with two attached hydrogens (primary N) is 1. The standard InChI is InChI=1S/C14H19N5O/c1-10-13(19-15)17-11(2)18-14(10)20-9-3-4-12-5-7-16-8-6-12/h5-8H,3-4,9,15H2,1-2H3,(H,17,18,19). The van der Waals surface area contributed by atoms with Crippen molar-refractivity contribution in [3.8, 4) is 5.88 Å². The molecule has 0 spiro atoms. The van der Waals surface area contributed by atoms with E-state index in [0.29, 0.717) is 24.1 Å². The maximum absolute atomic E-state index is 5.72. The minimum atomic E-state index is 0.583. The van der Waals surface area contributed by atoms with Crippen LogP contribution < -0.4 is 16.0 Å². The van der Waals surface area contributed by atoms with Crippen LogP contribution in [0.4, 0.5) is 5.82 Å². The molecule has 2 heterocycles. The maximum Gasteiger partial charge on any atom is 0.221 e. The smallest absolute Gasteiger partial charge is 0.221 e. The lowest BCUT2D eigenvalue weighted by Crippen LogP contribution is -2.13. The summed E-state index contributed by atoms with van der Waals surface area (Å²) >= 11 is 0. The first-order valence-electron chi connectivity index (χ1n) is 6.54. The molecule has 0 atom stereocenters. The molecule has 2 rings (SSSR count). The van der Waals surface area contributed by atoms with E-state index in [2.05, 4.69) is 20.4 Å². The number of aromatic nitrogens is 3. The third-order valence-electron chi connectivity index (χ3n) is 2.95. The number of ether oxygens (including phenoxy) is 1. The molecule has 0 unspecified atom stereocenters. The van der Waals surface area contributed by atoms with E-state index in [9.17, 15) is 0 Å². The van der Waals surface area contributed by atoms with Gasteiger partial charge in [-0.05, 0) is 44.4 Å². The number of pyridine rings is 1. The molecule has 3 N–H and O–H groups in total. The summed E-state index contributed by atoms with van der Waals surface area (Å²) in [5, 5.41) is 0. The van der Waals surface area contributed by atoms with E-state index in [-0.39, 0.29) is 0 Å². The predicted octanol–water partition coefficient (Wildman–Crippen LogP) is 1.79. The molecule has 0 bridgehead atoms. The Labute approximate surface area is 118 Å². The van der Waals surface area contributed by atoms with E-state index in [4.69, 9.17) is 10.6 Å². The molecule has 0 amide bonds. The summed E-state index contributed by atoms with van der Waals surface area (Å²) in [7, 11) is 0. The van der Waals surface area contributed by atoms with Crippen LogP contribution in [0.1, 0.15) is 23.4 Å². The fourth-order valence-electron chi connectivity index (χ4n) is 1.88. The number of hydrogen-bond donors (Lipinski definition) is 2. The lowest BCUT2D eigenvalue weighted by molar-refractivity contribution is 0.296. The Hall–Kier alpha value is -2.21. The Balaban J connectivity index is 1.90. The topological polar surface area (TPSA) is 86.0 Å². The van der Waals surface area contributed by atoms with Crippen molar-refractivity contribution in [1.29, 1.82) is 0 Å². The summed E-state index contributed by atoms with van der Waals surface area (Å²) in [5.74, 6) is 7.23. The van der Waals surface area contributed by atoms with Crippen molar-refractivity contribution in [2.75, 3.05) is 12.0 Å². The lowest BCUT2D eigenvalue weighted by atomic mass is 10.1. The molecule has 0 aromatic carbocycles. The average molecular weight is 273 g/mol. The molecular formula is C14H19N5O. The highest BCUT2D eigenvalue weighted by Gasteiger charge is 2.09. The van der Waals surface area contributed by atoms with E-state index in [0.717, 1.165) is 18.4 Å². The first-order chi connectivity index (χ1) is 9.70. The van der Waals surface area contributed by atoms with Gasteiger partial charge in [0.05, 0.1) is 12.2 Å². The number of nitrogens with one attached hydrogen (secondary N) is 1. The molecule has 0 radical (unpaired) electrons. The van der Waals surface area contributed by atoms with Crippen molar-refractivity contribution in [2.45, 2.75) is 26.7 Å². The number of rotatable bonds is 6. The molecule has 0 saturated heterocycles. The number of nitrogens with zero attached hydrogens (tertiary/aromatic N) is 3. The Kier molecular flexibility index (Phi) is 4.84. The maximum atomic E-state index is 5.72. The normalized spacial score (nSPS) is 10.3. The molecule has 0 saturated carbocycles. The summed E-state index contributed by atoms with van der Waals surface area (Å²) in [6.07, 6.45) is 5.46. The Morgan fingerprint density at radius 1 is 1.20 bits per heavy atom. The third-order valence-corrected chi connectivity index (χ3v) is 2.95. The molecule has 2 aromatic heterocycles. The molecule has 2 aromatic rings. The Bertz CT molecular complexity index is 559. The fourth-order valence-corrected chi connectivity index (χ4v) is 1.88. The van der Waals surface area contributed by atoms with Gasteiger partial charge in [-0.1, -0.05) is 0 Å². The highest BCUT2D eigenvalue weighted by molar-refractivity contribution is 5.47. The molecule has 106 valence electrons. The third kappa shape index (κ3) is 3.64. The van der Waals surface area contributed by atoms with Crippen molar-refractivity contribution < 1.29 is 4.74 Å². The zero-order valence-corrected chi connectivity index (χ0v) is 11.8. The summed E-state index contributed by atoms with van der Waals surface area (Å²) in [6, 6.07) is 4.02. The highest BCUT2D eigenvalue weighted by Crippen LogP contribution is 2.21. The van der Waals surface area contributed by atoms with Gasteiger partial charge in [0.25, 0.3) is 0 Å². The van der Waals surface area contributed by atoms with Crippen molar-refractivity contribution in [3.63, 3.8) is 0 Å². The van der Waals surface area contributed by atoms with Crippen molar-refractivity contribution >= 4 is 5.82 Å². The molecule has 6 nitrogen and oxygen atoms in total. The molecule has 20 heavy (non-hydrogen) atoms. The molecule has 0 fully saturated rings. The number of nitrogen functional groups attached to an aromatic ring is 1. The second kappa shape index (κ2) is 6.81. The average Bonchev–Trinajstić information content (AvgIpc) is 2.47. The van der Waals surface area contributed by atoms with E-state index < -0.39 is 0 Å². The van der Waals surface area contributed by atoms with Gasteiger partial charge in [-0.2, -0.15) is 4.98 Å². The van der Waals surface area contributed by atoms with E-state index in [1.165, 1.54) is 5.56 Å². The van der Waals surface area contributed by atoms with Gasteiger partial charge >= 0.3 is 0 Å². The van der Waals surface area contributed by atoms with Gasteiger partial charge in [-0.25, -0.2) is 10.8 Å². The summed E-state index contributed by atoms with van der Waals surface area (Å²) in [4.78, 5) is 12.5. The Morgan fingerprint density at radius 2 is 1.95 bits per heavy atom. The van der Waals surface area contributed by atoms with Gasteiger partial charge in [0, 0.05) is 12.4 Å². The van der Waals surface area contributed by atoms with Crippen molar-refractivity contribution in [1.82, 2.24) is 15.0 Å². The van der Waals surface area contributed by atoms with Crippen LogP contribution >= 0.6 is 0 Å². The molecule has 0 aliphatic heterocycles. The van der Waals surface area contributed by atoms with Crippen LogP contribution in [0, 0.1) is 13.8 Å². The van der Waals surface area contributed by atoms with Gasteiger partial charge in [-0.3, -0.25) is 4.98 Å². The SMILES string of the molecule is Cc1nc(NN)c(C)c(OCCCc2ccncc2)n1. The highest BCUT2D eigenvalue weighted by atomic mass is 16.5. The minimum absolute atomic E-state index is 0.583. The van der Waals surface area contributed by atoms with Gasteiger partial charge in [0.2, 0.25) is 5.88 Å². The van der Waals surface area contributed by atoms with Crippen LogP contribution in [-0.2, 0) is 6.42 Å². The molecule has 0 aliphatic rings. The van der Waals surface area contributed by atoms with E-state index >= 15 is 0 Å². The van der Waals surface area contributed by atoms with E-state index in [1.54, 1.807) is 12.4 Å². The monoisotopic (exact) mass is 273 g/mol. The first kappa shape index (κ1) is 14.2. The predicted molar refractivity (Wildman–Crippen MR) is 77.4 cm³/mol. The van der Waals surface area contributed by atoms with Crippen LogP contribution in [0.3, 0.4) is 0 Å². The Morgan fingerprint density at radius 3 is 2.65 bits per heavy atom. The largest absolute Gasteiger partial charge is 0.477 e. The van der Waals surface area contributed by atoms with Crippen LogP contribution in [0.2, 0.25) is 0 Å². The van der Waals surface area contributed by atoms with Crippen LogP contribution in [0.15, 0.2) is 24.5 Å². The van der Waals surface area contributed by atoms with E-state index in [1.807, 2.05) is 26.0 Å². The first-order valence-corrected chi connectivity index (χ1v) is 6.54. The number of hydrogen-bond acceptors (Lipinski definition) is 6. The van der Waals surface area contributed by atoms with Gasteiger partial charge in [0.1, 0.15) is 11.6 Å². The fraction of sp³-hybridized carbons (Fsp3) is 0.357. The second-order valence-electron chi connectivity index (χ2n) is 4.50. The van der Waals surface area contributed by atoms with Crippen molar-refractivity contribution in [2.24, 2.45) is 5.84 Å². The number of anilines is 1. The quantitative estimate of drug-likeness (QED) is 0.474. The lowest BCUT2D eigenvalue weighted by Gasteiger charge is -2.11. The second-order valence-corrected chi connectivity index (χ2v) is 4.50. The zero-order chi connectivity index (χ0) is 14.4. The number of aryl methyl sites for hydroxylation is 2. The van der Waals surface area contributed by atoms with Gasteiger partial charge in [0.15, 0.2) is 0 Å². The van der Waals surface area contributed by atoms with Crippen molar-refractivity contribution in [3.05, 3.63) is 41.5 Å². The summed E-state index contributed by atoms with van der Waals surface area (Å²) < 4.78 is 5.72. The van der Waals surface area contributed by atoms with Gasteiger partial charge in [-0.15, -0.1) is 0 Å². The number of hydrazine groups is 1. The zero-order valence-electron chi connectivity index (χ0n) is 11.8. The molecular weight excluding hydrogens is 254 g/mol. The molecule has 6 heteroatoms. The summed E-state index contributed by atoms with van der Waals surface area (Å²) in [6.45, 7) is 4.29. The van der Waals surface area contributed by atoms with Crippen LogP contribution in [-0.4, -0.2) is 21.6 Å². The van der Waals surface area contributed by atoms with Crippen LogP contribution in [0.25, 0.3) is 0 Å².